The summed E-state index contributed by atoms with van der Waals surface area (Å²) in [6.07, 6.45) is 2.34. The number of Topliss-reactive ketones (excluding diaryl/α,β-unsaturated/α-hetero) is 1. The van der Waals surface area contributed by atoms with Gasteiger partial charge in [-0.3, -0.25) is 14.9 Å². The lowest BCUT2D eigenvalue weighted by atomic mass is 9.96. The van der Waals surface area contributed by atoms with E-state index in [4.69, 9.17) is 0 Å². The fourth-order valence-electron chi connectivity index (χ4n) is 2.81. The van der Waals surface area contributed by atoms with Crippen molar-refractivity contribution >= 4 is 11.5 Å². The number of aryl methyl sites for hydroxylation is 1. The van der Waals surface area contributed by atoms with Crippen molar-refractivity contribution in [3.63, 3.8) is 0 Å². The third-order valence-corrected chi connectivity index (χ3v) is 3.72. The van der Waals surface area contributed by atoms with Crippen LogP contribution in [0.2, 0.25) is 0 Å². The highest BCUT2D eigenvalue weighted by atomic mass is 16.6. The molecule has 0 radical (unpaired) electrons. The van der Waals surface area contributed by atoms with Crippen molar-refractivity contribution in [3.05, 3.63) is 57.4 Å². The number of benzene rings is 1. The highest BCUT2D eigenvalue weighted by Gasteiger charge is 2.23. The molecule has 20 heavy (non-hydrogen) atoms. The van der Waals surface area contributed by atoms with E-state index in [-0.39, 0.29) is 11.5 Å². The summed E-state index contributed by atoms with van der Waals surface area (Å²) in [5, 5.41) is 10.7. The lowest BCUT2D eigenvalue weighted by Gasteiger charge is -2.16. The van der Waals surface area contributed by atoms with Crippen LogP contribution in [0, 0.1) is 17.0 Å². The first kappa shape index (κ1) is 12.6. The number of non-ortho nitro benzene ring substituents is 1. The first-order valence-electron chi connectivity index (χ1n) is 6.57. The zero-order chi connectivity index (χ0) is 14.3. The van der Waals surface area contributed by atoms with Gasteiger partial charge in [-0.25, -0.2) is 0 Å². The standard InChI is InChI=1S/C15H14N2O3/c1-10-9-13-14(3-2-4-15(13)18)16(10)11-5-7-12(8-6-11)17(19)20/h5-9H,2-4H2,1H3. The van der Waals surface area contributed by atoms with Crippen molar-refractivity contribution in [3.8, 4) is 5.69 Å². The van der Waals surface area contributed by atoms with Crippen LogP contribution in [0.15, 0.2) is 30.3 Å². The van der Waals surface area contributed by atoms with E-state index in [2.05, 4.69) is 0 Å². The Morgan fingerprint density at radius 3 is 2.55 bits per heavy atom. The summed E-state index contributed by atoms with van der Waals surface area (Å²) in [5.41, 5.74) is 3.74. The zero-order valence-electron chi connectivity index (χ0n) is 11.1. The van der Waals surface area contributed by atoms with E-state index in [9.17, 15) is 14.9 Å². The molecule has 0 aliphatic heterocycles. The molecule has 0 saturated heterocycles. The number of carbonyl (C=O) groups is 1. The number of fused-ring (bicyclic) bond motifs is 1. The first-order chi connectivity index (χ1) is 9.58. The van der Waals surface area contributed by atoms with Crippen molar-refractivity contribution in [1.29, 1.82) is 0 Å². The number of nitro groups is 1. The van der Waals surface area contributed by atoms with E-state index in [0.29, 0.717) is 6.42 Å². The molecule has 1 heterocycles. The molecule has 1 aliphatic carbocycles. The second-order valence-electron chi connectivity index (χ2n) is 5.03. The van der Waals surface area contributed by atoms with Crippen LogP contribution in [-0.2, 0) is 6.42 Å². The van der Waals surface area contributed by atoms with Gasteiger partial charge in [0.05, 0.1) is 4.92 Å². The first-order valence-corrected chi connectivity index (χ1v) is 6.57. The van der Waals surface area contributed by atoms with Gasteiger partial charge in [-0.15, -0.1) is 0 Å². The van der Waals surface area contributed by atoms with Crippen molar-refractivity contribution in [1.82, 2.24) is 4.57 Å². The molecule has 2 aromatic rings. The predicted octanol–water partition coefficient (Wildman–Crippen LogP) is 3.21. The third kappa shape index (κ3) is 1.91. The number of carbonyl (C=O) groups excluding carboxylic acids is 1. The minimum atomic E-state index is -0.411. The molecule has 5 nitrogen and oxygen atoms in total. The Kier molecular flexibility index (Phi) is 2.89. The van der Waals surface area contributed by atoms with Crippen LogP contribution >= 0.6 is 0 Å². The predicted molar refractivity (Wildman–Crippen MR) is 74.4 cm³/mol. The van der Waals surface area contributed by atoms with Gasteiger partial charge in [0, 0.05) is 41.2 Å². The molecule has 3 rings (SSSR count). The largest absolute Gasteiger partial charge is 0.317 e. The van der Waals surface area contributed by atoms with Gasteiger partial charge in [0.15, 0.2) is 5.78 Å². The normalized spacial score (nSPS) is 14.2. The Morgan fingerprint density at radius 1 is 1.20 bits per heavy atom. The van der Waals surface area contributed by atoms with E-state index < -0.39 is 4.92 Å². The lowest BCUT2D eigenvalue weighted by Crippen LogP contribution is -2.12. The Balaban J connectivity index is 2.10. The molecule has 0 bridgehead atoms. The van der Waals surface area contributed by atoms with Crippen molar-refractivity contribution in [2.75, 3.05) is 0 Å². The number of hydrogen-bond acceptors (Lipinski definition) is 3. The van der Waals surface area contributed by atoms with Crippen LogP contribution in [0.1, 0.15) is 34.6 Å². The van der Waals surface area contributed by atoms with E-state index in [1.54, 1.807) is 12.1 Å². The number of hydrogen-bond donors (Lipinski definition) is 0. The zero-order valence-corrected chi connectivity index (χ0v) is 11.1. The molecule has 0 amide bonds. The topological polar surface area (TPSA) is 65.1 Å². The summed E-state index contributed by atoms with van der Waals surface area (Å²) in [6, 6.07) is 8.35. The molecule has 0 spiro atoms. The van der Waals surface area contributed by atoms with Gasteiger partial charge in [-0.05, 0) is 38.0 Å². The van der Waals surface area contributed by atoms with E-state index >= 15 is 0 Å². The Hall–Kier alpha value is -2.43. The summed E-state index contributed by atoms with van der Waals surface area (Å²) in [5.74, 6) is 0.190. The molecular formula is C15H14N2O3. The smallest absolute Gasteiger partial charge is 0.269 e. The number of aromatic nitrogens is 1. The van der Waals surface area contributed by atoms with E-state index in [1.165, 1.54) is 12.1 Å². The molecule has 0 fully saturated rings. The summed E-state index contributed by atoms with van der Waals surface area (Å²) in [6.45, 7) is 1.95. The molecular weight excluding hydrogens is 256 g/mol. The highest BCUT2D eigenvalue weighted by Crippen LogP contribution is 2.28. The number of rotatable bonds is 2. The lowest BCUT2D eigenvalue weighted by molar-refractivity contribution is -0.384. The summed E-state index contributed by atoms with van der Waals surface area (Å²) in [4.78, 5) is 22.2. The average Bonchev–Trinajstić information content (AvgIpc) is 2.77. The average molecular weight is 270 g/mol. The Bertz CT molecular complexity index is 699. The monoisotopic (exact) mass is 270 g/mol. The molecule has 1 aromatic heterocycles. The van der Waals surface area contributed by atoms with Gasteiger partial charge in [-0.2, -0.15) is 0 Å². The van der Waals surface area contributed by atoms with Gasteiger partial charge in [0.25, 0.3) is 5.69 Å². The summed E-state index contributed by atoms with van der Waals surface area (Å²) < 4.78 is 2.02. The van der Waals surface area contributed by atoms with Crippen LogP contribution in [-0.4, -0.2) is 15.3 Å². The maximum atomic E-state index is 11.9. The maximum Gasteiger partial charge on any atom is 0.269 e. The second-order valence-corrected chi connectivity index (χ2v) is 5.03. The van der Waals surface area contributed by atoms with Crippen molar-refractivity contribution in [2.45, 2.75) is 26.2 Å². The third-order valence-electron chi connectivity index (χ3n) is 3.72. The molecule has 102 valence electrons. The molecule has 1 aliphatic rings. The van der Waals surface area contributed by atoms with Gasteiger partial charge >= 0.3 is 0 Å². The second kappa shape index (κ2) is 4.59. The molecule has 0 atom stereocenters. The molecule has 0 unspecified atom stereocenters. The van der Waals surface area contributed by atoms with Gasteiger partial charge in [-0.1, -0.05) is 0 Å². The number of nitrogens with zero attached hydrogens (tertiary/aromatic N) is 2. The van der Waals surface area contributed by atoms with Crippen LogP contribution in [0.4, 0.5) is 5.69 Å². The van der Waals surface area contributed by atoms with Crippen LogP contribution < -0.4 is 0 Å². The SMILES string of the molecule is Cc1cc2c(n1-c1ccc([N+](=O)[O-])cc1)CCCC2=O. The van der Waals surface area contributed by atoms with Crippen molar-refractivity contribution in [2.24, 2.45) is 0 Å². The summed E-state index contributed by atoms with van der Waals surface area (Å²) >= 11 is 0. The Morgan fingerprint density at radius 2 is 1.90 bits per heavy atom. The number of ketones is 1. The summed E-state index contributed by atoms with van der Waals surface area (Å²) in [7, 11) is 0. The van der Waals surface area contributed by atoms with E-state index in [0.717, 1.165) is 35.5 Å². The van der Waals surface area contributed by atoms with Crippen molar-refractivity contribution < 1.29 is 9.72 Å². The highest BCUT2D eigenvalue weighted by molar-refractivity contribution is 5.98. The van der Waals surface area contributed by atoms with E-state index in [1.807, 2.05) is 17.6 Å². The van der Waals surface area contributed by atoms with Crippen LogP contribution in [0.3, 0.4) is 0 Å². The minimum Gasteiger partial charge on any atom is -0.317 e. The molecule has 5 heteroatoms. The molecule has 0 saturated carbocycles. The Labute approximate surface area is 116 Å². The van der Waals surface area contributed by atoms with Crippen LogP contribution in [0.5, 0.6) is 0 Å². The fraction of sp³-hybridized carbons (Fsp3) is 0.267. The van der Waals surface area contributed by atoms with Crippen LogP contribution in [0.25, 0.3) is 5.69 Å². The minimum absolute atomic E-state index is 0.0727. The molecule has 0 N–H and O–H groups in total. The quantitative estimate of drug-likeness (QED) is 0.621. The van der Waals surface area contributed by atoms with Gasteiger partial charge < -0.3 is 4.57 Å². The van der Waals surface area contributed by atoms with Gasteiger partial charge in [0.1, 0.15) is 0 Å². The number of nitro benzene ring substituents is 1. The molecule has 1 aromatic carbocycles. The maximum absolute atomic E-state index is 11.9. The van der Waals surface area contributed by atoms with Gasteiger partial charge in [0.2, 0.25) is 0 Å². The fourth-order valence-corrected chi connectivity index (χ4v) is 2.81.